The van der Waals surface area contributed by atoms with Crippen molar-refractivity contribution in [3.05, 3.63) is 59.9 Å². The lowest BCUT2D eigenvalue weighted by atomic mass is 10.2. The molecule has 0 fully saturated rings. The smallest absolute Gasteiger partial charge is 0.338 e. The fourth-order valence-corrected chi connectivity index (χ4v) is 2.52. The van der Waals surface area contributed by atoms with Crippen LogP contribution in [0.3, 0.4) is 0 Å². The van der Waals surface area contributed by atoms with Gasteiger partial charge in [0.2, 0.25) is 0 Å². The molecule has 0 saturated heterocycles. The molecule has 2 N–H and O–H groups in total. The highest BCUT2D eigenvalue weighted by Gasteiger charge is 2.18. The molecule has 2 aromatic carbocycles. The molecule has 122 valence electrons. The van der Waals surface area contributed by atoms with Crippen molar-refractivity contribution in [1.29, 1.82) is 0 Å². The molecule has 6 nitrogen and oxygen atoms in total. The molecule has 0 aliphatic carbocycles. The Hall–Kier alpha value is -3.15. The van der Waals surface area contributed by atoms with Gasteiger partial charge in [0.15, 0.2) is 6.10 Å². The van der Waals surface area contributed by atoms with Crippen molar-refractivity contribution >= 4 is 22.9 Å². The zero-order valence-electron chi connectivity index (χ0n) is 13.4. The maximum absolute atomic E-state index is 12.1. The minimum Gasteiger partial charge on any atom is -0.449 e. The number of imidazole rings is 1. The van der Waals surface area contributed by atoms with Crippen LogP contribution in [0, 0.1) is 6.92 Å². The van der Waals surface area contributed by atoms with Gasteiger partial charge in [0.05, 0.1) is 16.6 Å². The topological polar surface area (TPSA) is 87.2 Å². The standard InChI is InChI=1S/C18H17N3O3/c1-11(17(19)22)24-18(23)13-8-9-16-15(10-13)20-12(2)21(16)14-6-4-3-5-7-14/h3-11H,1-2H3,(H2,19,22)/t11-/m1/s1. The van der Waals surface area contributed by atoms with E-state index in [0.29, 0.717) is 11.1 Å². The van der Waals surface area contributed by atoms with Crippen LogP contribution < -0.4 is 5.73 Å². The molecule has 1 atom stereocenters. The molecule has 0 saturated carbocycles. The number of benzene rings is 2. The molecule has 0 aliphatic heterocycles. The lowest BCUT2D eigenvalue weighted by molar-refractivity contribution is -0.125. The quantitative estimate of drug-likeness (QED) is 0.747. The van der Waals surface area contributed by atoms with Gasteiger partial charge in [0, 0.05) is 5.69 Å². The number of esters is 1. The van der Waals surface area contributed by atoms with Crippen LogP contribution in [0.15, 0.2) is 48.5 Å². The highest BCUT2D eigenvalue weighted by atomic mass is 16.5. The number of primary amides is 1. The van der Waals surface area contributed by atoms with Crippen LogP contribution in [-0.2, 0) is 9.53 Å². The third-order valence-corrected chi connectivity index (χ3v) is 3.76. The van der Waals surface area contributed by atoms with E-state index in [-0.39, 0.29) is 0 Å². The lowest BCUT2D eigenvalue weighted by Crippen LogP contribution is -2.30. The van der Waals surface area contributed by atoms with Gasteiger partial charge in [-0.15, -0.1) is 0 Å². The number of ether oxygens (including phenoxy) is 1. The van der Waals surface area contributed by atoms with Crippen molar-refractivity contribution in [2.75, 3.05) is 0 Å². The van der Waals surface area contributed by atoms with Crippen molar-refractivity contribution < 1.29 is 14.3 Å². The molecule has 1 aromatic heterocycles. The zero-order valence-corrected chi connectivity index (χ0v) is 13.4. The number of aryl methyl sites for hydroxylation is 1. The van der Waals surface area contributed by atoms with Crippen molar-refractivity contribution in [3.63, 3.8) is 0 Å². The predicted molar refractivity (Wildman–Crippen MR) is 89.9 cm³/mol. The summed E-state index contributed by atoms with van der Waals surface area (Å²) in [5.41, 5.74) is 8.00. The largest absolute Gasteiger partial charge is 0.449 e. The summed E-state index contributed by atoms with van der Waals surface area (Å²) in [6.45, 7) is 3.34. The van der Waals surface area contributed by atoms with Gasteiger partial charge >= 0.3 is 5.97 Å². The second kappa shape index (κ2) is 6.16. The second-order valence-corrected chi connectivity index (χ2v) is 5.48. The fourth-order valence-electron chi connectivity index (χ4n) is 2.52. The Morgan fingerprint density at radius 3 is 2.54 bits per heavy atom. The average molecular weight is 323 g/mol. The van der Waals surface area contributed by atoms with Crippen molar-refractivity contribution in [1.82, 2.24) is 9.55 Å². The van der Waals surface area contributed by atoms with E-state index < -0.39 is 18.0 Å². The Balaban J connectivity index is 1.99. The molecule has 24 heavy (non-hydrogen) atoms. The van der Waals surface area contributed by atoms with E-state index in [2.05, 4.69) is 4.98 Å². The summed E-state index contributed by atoms with van der Waals surface area (Å²) in [7, 11) is 0. The van der Waals surface area contributed by atoms with Gasteiger partial charge in [-0.05, 0) is 44.2 Å². The number of nitrogens with zero attached hydrogens (tertiary/aromatic N) is 2. The Bertz CT molecular complexity index is 916. The van der Waals surface area contributed by atoms with Crippen LogP contribution in [-0.4, -0.2) is 27.5 Å². The Morgan fingerprint density at radius 1 is 1.17 bits per heavy atom. The van der Waals surface area contributed by atoms with Crippen LogP contribution in [0.1, 0.15) is 23.1 Å². The summed E-state index contributed by atoms with van der Waals surface area (Å²) in [6.07, 6.45) is -0.975. The first-order chi connectivity index (χ1) is 11.5. The highest BCUT2D eigenvalue weighted by molar-refractivity contribution is 5.95. The molecule has 3 aromatic rings. The highest BCUT2D eigenvalue weighted by Crippen LogP contribution is 2.22. The van der Waals surface area contributed by atoms with E-state index in [0.717, 1.165) is 17.0 Å². The lowest BCUT2D eigenvalue weighted by Gasteiger charge is -2.10. The van der Waals surface area contributed by atoms with Gasteiger partial charge in [0.25, 0.3) is 5.91 Å². The van der Waals surface area contributed by atoms with Gasteiger partial charge in [-0.3, -0.25) is 9.36 Å². The second-order valence-electron chi connectivity index (χ2n) is 5.48. The number of hydrogen-bond donors (Lipinski definition) is 1. The monoisotopic (exact) mass is 323 g/mol. The number of nitrogens with two attached hydrogens (primary N) is 1. The van der Waals surface area contributed by atoms with E-state index in [1.165, 1.54) is 6.92 Å². The summed E-state index contributed by atoms with van der Waals surface area (Å²) in [5, 5.41) is 0. The number of para-hydroxylation sites is 1. The van der Waals surface area contributed by atoms with Crippen LogP contribution in [0.2, 0.25) is 0 Å². The molecule has 1 amide bonds. The minimum atomic E-state index is -0.975. The first-order valence-electron chi connectivity index (χ1n) is 7.52. The Labute approximate surface area is 138 Å². The first-order valence-corrected chi connectivity index (χ1v) is 7.52. The van der Waals surface area contributed by atoms with E-state index in [4.69, 9.17) is 10.5 Å². The van der Waals surface area contributed by atoms with Crippen molar-refractivity contribution in [2.45, 2.75) is 20.0 Å². The third-order valence-electron chi connectivity index (χ3n) is 3.76. The molecule has 6 heteroatoms. The van der Waals surface area contributed by atoms with Crippen LogP contribution in [0.25, 0.3) is 16.7 Å². The van der Waals surface area contributed by atoms with Crippen LogP contribution in [0.5, 0.6) is 0 Å². The molecule has 0 bridgehead atoms. The van der Waals surface area contributed by atoms with Crippen LogP contribution >= 0.6 is 0 Å². The number of fused-ring (bicyclic) bond motifs is 1. The van der Waals surface area contributed by atoms with E-state index in [1.807, 2.05) is 47.9 Å². The molecule has 1 heterocycles. The van der Waals surface area contributed by atoms with E-state index >= 15 is 0 Å². The fraction of sp³-hybridized carbons (Fsp3) is 0.167. The molecule has 0 spiro atoms. The van der Waals surface area contributed by atoms with Gasteiger partial charge in [-0.2, -0.15) is 0 Å². The van der Waals surface area contributed by atoms with Gasteiger partial charge in [-0.1, -0.05) is 18.2 Å². The SMILES string of the molecule is Cc1nc2cc(C(=O)O[C@H](C)C(N)=O)ccc2n1-c1ccccc1. The predicted octanol–water partition coefficient (Wildman–Crippen LogP) is 2.36. The minimum absolute atomic E-state index is 0.327. The molecular formula is C18H17N3O3. The van der Waals surface area contributed by atoms with E-state index in [1.54, 1.807) is 12.1 Å². The number of aromatic nitrogens is 2. The van der Waals surface area contributed by atoms with Gasteiger partial charge in [0.1, 0.15) is 5.82 Å². The number of hydrogen-bond acceptors (Lipinski definition) is 4. The van der Waals surface area contributed by atoms with Crippen molar-refractivity contribution in [3.8, 4) is 5.69 Å². The van der Waals surface area contributed by atoms with Gasteiger partial charge in [-0.25, -0.2) is 9.78 Å². The number of carbonyl (C=O) groups excluding carboxylic acids is 2. The Morgan fingerprint density at radius 2 is 1.88 bits per heavy atom. The number of carbonyl (C=O) groups is 2. The number of amides is 1. The molecular weight excluding hydrogens is 306 g/mol. The average Bonchev–Trinajstić information content (AvgIpc) is 2.90. The maximum Gasteiger partial charge on any atom is 0.338 e. The molecule has 3 rings (SSSR count). The summed E-state index contributed by atoms with van der Waals surface area (Å²) in [5.74, 6) is -0.476. The van der Waals surface area contributed by atoms with E-state index in [9.17, 15) is 9.59 Å². The summed E-state index contributed by atoms with van der Waals surface area (Å²) >= 11 is 0. The molecule has 0 unspecified atom stereocenters. The summed E-state index contributed by atoms with van der Waals surface area (Å²) in [6, 6.07) is 15.0. The maximum atomic E-state index is 12.1. The zero-order chi connectivity index (χ0) is 17.3. The normalized spacial score (nSPS) is 12.1. The summed E-state index contributed by atoms with van der Waals surface area (Å²) in [4.78, 5) is 27.6. The molecule has 0 radical (unpaired) electrons. The van der Waals surface area contributed by atoms with Crippen LogP contribution in [0.4, 0.5) is 0 Å². The Kier molecular flexibility index (Phi) is 4.04. The first kappa shape index (κ1) is 15.7. The third kappa shape index (κ3) is 2.86. The molecule has 0 aliphatic rings. The number of rotatable bonds is 4. The summed E-state index contributed by atoms with van der Waals surface area (Å²) < 4.78 is 7.03. The van der Waals surface area contributed by atoms with Crippen molar-refractivity contribution in [2.24, 2.45) is 5.73 Å². The van der Waals surface area contributed by atoms with Gasteiger partial charge < -0.3 is 10.5 Å².